The zero-order valence-electron chi connectivity index (χ0n) is 69.3. The van der Waals surface area contributed by atoms with E-state index in [1.165, 1.54) is 0 Å². The maximum absolute atomic E-state index is 13.1. The summed E-state index contributed by atoms with van der Waals surface area (Å²) >= 11 is 0. The van der Waals surface area contributed by atoms with E-state index in [0.717, 1.165) is 212 Å². The first-order valence-electron chi connectivity index (χ1n) is 42.3. The highest BCUT2D eigenvalue weighted by Gasteiger charge is 2.30. The molecule has 3 N–H and O–H groups in total. The van der Waals surface area contributed by atoms with Crippen molar-refractivity contribution in [1.82, 2.24) is 0 Å². The lowest BCUT2D eigenvalue weighted by molar-refractivity contribution is -0.161. The molecule has 0 aliphatic heterocycles. The smallest absolute Gasteiger partial charge is 0.462 e. The van der Waals surface area contributed by atoms with Crippen molar-refractivity contribution >= 4 is 39.5 Å². The summed E-state index contributed by atoms with van der Waals surface area (Å²) in [6, 6.07) is 0. The minimum absolute atomic E-state index is 0.00417. The van der Waals surface area contributed by atoms with Crippen molar-refractivity contribution in [3.05, 3.63) is 207 Å². The second-order valence-electron chi connectivity index (χ2n) is 27.2. The Hall–Kier alpha value is -6.36. The van der Waals surface area contributed by atoms with Crippen molar-refractivity contribution in [2.45, 2.75) is 316 Å². The Bertz CT molecular complexity index is 2940. The molecule has 17 nitrogen and oxygen atoms in total. The van der Waals surface area contributed by atoms with Gasteiger partial charge in [-0.1, -0.05) is 298 Å². The molecule has 5 atom stereocenters. The molecule has 0 bridgehead atoms. The van der Waals surface area contributed by atoms with E-state index in [2.05, 4.69) is 222 Å². The molecule has 0 spiro atoms. The highest BCUT2D eigenvalue weighted by molar-refractivity contribution is 7.47. The SMILES string of the molecule is CC/C=C\C/C=C\C/C=C\C/C=C\C/C=C\CCCC(=O)OC(COC(=O)CCCCCCCC/C=C\C/C=C\C/C=C\C/C=C\CC)COP(=O)(O)OCC(O)COP(=O)(O)OCC(COC(=O)CCCCCCCC/C=C\C/C=C\C/C=C\C/C=C\CC)OC(=O)CCCCCC/C=C\C/C=C\C/C=C\C/C=C\CC. The molecule has 5 unspecified atom stereocenters. The molecule has 0 aromatic rings. The number of ether oxygens (including phenoxy) is 4. The van der Waals surface area contributed by atoms with Gasteiger partial charge in [-0.3, -0.25) is 37.3 Å². The molecule has 0 rings (SSSR count). The first kappa shape index (κ1) is 106. The lowest BCUT2D eigenvalue weighted by Crippen LogP contribution is -2.30. The van der Waals surface area contributed by atoms with E-state index in [9.17, 15) is 43.2 Å². The number of hydrogen-bond acceptors (Lipinski definition) is 15. The lowest BCUT2D eigenvalue weighted by atomic mass is 10.1. The highest BCUT2D eigenvalue weighted by Crippen LogP contribution is 2.45. The van der Waals surface area contributed by atoms with Gasteiger partial charge in [-0.05, 0) is 180 Å². The summed E-state index contributed by atoms with van der Waals surface area (Å²) in [7, 11) is -10.0. The van der Waals surface area contributed by atoms with Gasteiger partial charge in [0.05, 0.1) is 26.4 Å². The van der Waals surface area contributed by atoms with Crippen molar-refractivity contribution in [1.29, 1.82) is 0 Å². The van der Waals surface area contributed by atoms with Crippen LogP contribution in [0.2, 0.25) is 0 Å². The Morgan fingerprint density at radius 3 is 0.705 bits per heavy atom. The molecule has 0 fully saturated rings. The van der Waals surface area contributed by atoms with Crippen LogP contribution in [0, 0.1) is 0 Å². The predicted octanol–water partition coefficient (Wildman–Crippen LogP) is 25.4. The summed E-state index contributed by atoms with van der Waals surface area (Å²) in [4.78, 5) is 73.3. The second-order valence-corrected chi connectivity index (χ2v) is 30.1. The Morgan fingerprint density at radius 1 is 0.250 bits per heavy atom. The second kappa shape index (κ2) is 82.6. The van der Waals surface area contributed by atoms with Crippen LogP contribution in [0.4, 0.5) is 0 Å². The molecule has 112 heavy (non-hydrogen) atoms. The summed E-state index contributed by atoms with van der Waals surface area (Å²) in [5.41, 5.74) is 0. The molecule has 0 heterocycles. The Morgan fingerprint density at radius 2 is 0.446 bits per heavy atom. The Balaban J connectivity index is 5.50. The fourth-order valence-corrected chi connectivity index (χ4v) is 12.0. The van der Waals surface area contributed by atoms with Crippen LogP contribution in [0.3, 0.4) is 0 Å². The van der Waals surface area contributed by atoms with E-state index < -0.39 is 97.5 Å². The van der Waals surface area contributed by atoms with Crippen LogP contribution in [0.25, 0.3) is 0 Å². The van der Waals surface area contributed by atoms with Crippen LogP contribution in [0.5, 0.6) is 0 Å². The Labute approximate surface area is 678 Å². The van der Waals surface area contributed by atoms with Gasteiger partial charge in [-0.2, -0.15) is 0 Å². The third-order valence-electron chi connectivity index (χ3n) is 16.7. The summed E-state index contributed by atoms with van der Waals surface area (Å²) in [5.74, 6) is -2.32. The van der Waals surface area contributed by atoms with Gasteiger partial charge in [0.25, 0.3) is 0 Å². The van der Waals surface area contributed by atoms with Crippen LogP contribution >= 0.6 is 15.6 Å². The van der Waals surface area contributed by atoms with Crippen LogP contribution in [-0.2, 0) is 65.4 Å². The summed E-state index contributed by atoms with van der Waals surface area (Å²) < 4.78 is 68.7. The van der Waals surface area contributed by atoms with Gasteiger partial charge in [0, 0.05) is 25.7 Å². The molecule has 0 radical (unpaired) electrons. The van der Waals surface area contributed by atoms with E-state index in [0.29, 0.717) is 32.1 Å². The zero-order valence-corrected chi connectivity index (χ0v) is 71.0. The number of hydrogen-bond donors (Lipinski definition) is 3. The molecule has 0 aliphatic rings. The average molecular weight is 1600 g/mol. The topological polar surface area (TPSA) is 237 Å². The average Bonchev–Trinajstić information content (AvgIpc) is 0.897. The summed E-state index contributed by atoms with van der Waals surface area (Å²) in [6.07, 6.45) is 104. The summed E-state index contributed by atoms with van der Waals surface area (Å²) in [6.45, 7) is 4.29. The number of rotatable bonds is 77. The third-order valence-corrected chi connectivity index (χ3v) is 18.6. The third kappa shape index (κ3) is 81.6. The Kier molecular flexibility index (Phi) is 77.9. The molecule has 0 saturated heterocycles. The molecule has 0 aromatic carbocycles. The summed E-state index contributed by atoms with van der Waals surface area (Å²) in [5, 5.41) is 10.7. The quantitative estimate of drug-likeness (QED) is 0.0169. The van der Waals surface area contributed by atoms with Gasteiger partial charge in [0.1, 0.15) is 19.3 Å². The van der Waals surface area contributed by atoms with Crippen molar-refractivity contribution in [2.24, 2.45) is 0 Å². The van der Waals surface area contributed by atoms with Crippen molar-refractivity contribution in [3.8, 4) is 0 Å². The number of unbranched alkanes of at least 4 members (excludes halogenated alkanes) is 17. The number of phosphoric acid groups is 2. The number of esters is 4. The van der Waals surface area contributed by atoms with Crippen molar-refractivity contribution in [2.75, 3.05) is 39.6 Å². The minimum Gasteiger partial charge on any atom is -0.462 e. The highest BCUT2D eigenvalue weighted by atomic mass is 31.2. The van der Waals surface area contributed by atoms with Gasteiger partial charge in [-0.15, -0.1) is 0 Å². The number of aliphatic hydroxyl groups is 1. The molecule has 0 saturated carbocycles. The fraction of sp³-hybridized carbons (Fsp3) is 0.591. The molecular formula is C93H148O17P2. The van der Waals surface area contributed by atoms with E-state index in [1.54, 1.807) is 0 Å². The first-order chi connectivity index (χ1) is 54.7. The number of carbonyl (C=O) groups is 4. The molecular weight excluding hydrogens is 1450 g/mol. The van der Waals surface area contributed by atoms with Gasteiger partial charge in [-0.25, -0.2) is 9.13 Å². The van der Waals surface area contributed by atoms with Gasteiger partial charge in [0.15, 0.2) is 12.2 Å². The molecule has 0 aliphatic carbocycles. The monoisotopic (exact) mass is 1600 g/mol. The van der Waals surface area contributed by atoms with Crippen LogP contribution in [0.1, 0.15) is 297 Å². The molecule has 0 amide bonds. The van der Waals surface area contributed by atoms with Gasteiger partial charge in [0.2, 0.25) is 0 Å². The zero-order chi connectivity index (χ0) is 81.7. The van der Waals surface area contributed by atoms with Crippen molar-refractivity contribution < 1.29 is 80.2 Å². The minimum atomic E-state index is -5.02. The molecule has 19 heteroatoms. The number of phosphoric ester groups is 2. The number of allylic oxidation sites excluding steroid dienone is 34. The van der Waals surface area contributed by atoms with E-state index in [1.807, 2.05) is 12.2 Å². The molecule has 0 aromatic heterocycles. The number of carbonyl (C=O) groups excluding carboxylic acids is 4. The van der Waals surface area contributed by atoms with Crippen LogP contribution in [-0.4, -0.2) is 96.7 Å². The number of aliphatic hydroxyl groups excluding tert-OH is 1. The van der Waals surface area contributed by atoms with E-state index in [4.69, 9.17) is 37.0 Å². The largest absolute Gasteiger partial charge is 0.472 e. The van der Waals surface area contributed by atoms with Gasteiger partial charge >= 0.3 is 39.5 Å². The normalized spacial score (nSPS) is 14.8. The van der Waals surface area contributed by atoms with E-state index >= 15 is 0 Å². The maximum Gasteiger partial charge on any atom is 0.472 e. The van der Waals surface area contributed by atoms with Gasteiger partial charge < -0.3 is 33.8 Å². The van der Waals surface area contributed by atoms with Crippen LogP contribution in [0.15, 0.2) is 207 Å². The lowest BCUT2D eigenvalue weighted by Gasteiger charge is -2.21. The molecule has 632 valence electrons. The maximum atomic E-state index is 13.1. The fourth-order valence-electron chi connectivity index (χ4n) is 10.5. The predicted molar refractivity (Wildman–Crippen MR) is 463 cm³/mol. The van der Waals surface area contributed by atoms with Crippen LogP contribution < -0.4 is 0 Å². The van der Waals surface area contributed by atoms with Crippen molar-refractivity contribution in [3.63, 3.8) is 0 Å². The first-order valence-corrected chi connectivity index (χ1v) is 45.3. The standard InChI is InChI=1S/C93H148O17P2/c1-5-9-13-17-21-25-29-33-37-41-43-47-49-53-57-61-65-69-73-77-90(95)103-83-88(109-92(97)79-75-71-67-63-59-55-51-45-39-35-31-27-23-19-15-11-7-3)85-107-111(99,100)105-81-87(94)82-106-112(101,102)108-86-89(110-93(98)80-76-72-68-64-60-56-52-46-40-36-32-28-24-20-16-12-8-4)84-104-91(96)78-74-70-66-62-58-54-50-48-44-42-38-34-30-26-22-18-14-10-6-2/h9-16,21-28,33-40,43-44,47-48,51-52,55-56,63,67,87-89,94H,5-8,17-20,29-32,41-42,45-46,49-50,53-54,57-62,64-66,68-86H2,1-4H3,(H,99,100)(H,101,102)/b13-9-,14-10-,15-11-,16-12-,25-21-,26-22-,27-23-,28-24-,37-33-,38-34-,39-35-,40-36-,47-43-,48-44-,55-51-,56-52-,67-63-. The van der Waals surface area contributed by atoms with E-state index in [-0.39, 0.29) is 25.7 Å².